The van der Waals surface area contributed by atoms with Gasteiger partial charge in [-0.05, 0) is 37.7 Å². The van der Waals surface area contributed by atoms with Crippen LogP contribution >= 0.6 is 15.9 Å². The summed E-state index contributed by atoms with van der Waals surface area (Å²) in [6.45, 7) is 2.29. The van der Waals surface area contributed by atoms with E-state index in [0.29, 0.717) is 6.54 Å². The molecule has 0 bridgehead atoms. The van der Waals surface area contributed by atoms with Gasteiger partial charge in [-0.25, -0.2) is 0 Å². The summed E-state index contributed by atoms with van der Waals surface area (Å²) in [6, 6.07) is 5.53. The highest BCUT2D eigenvalue weighted by molar-refractivity contribution is 9.10. The van der Waals surface area contributed by atoms with Gasteiger partial charge in [0.1, 0.15) is 6.04 Å². The first-order chi connectivity index (χ1) is 8.49. The molecule has 1 heterocycles. The molecular weight excluding hydrogens is 296 g/mol. The molecule has 0 saturated carbocycles. The fourth-order valence-electron chi connectivity index (χ4n) is 1.88. The van der Waals surface area contributed by atoms with Gasteiger partial charge in [0, 0.05) is 28.1 Å². The molecule has 0 amide bonds. The molecule has 2 N–H and O–H groups in total. The van der Waals surface area contributed by atoms with E-state index in [1.807, 2.05) is 36.3 Å². The number of hydrogen-bond donors (Lipinski definition) is 2. The summed E-state index contributed by atoms with van der Waals surface area (Å²) < 4.78 is 1.02. The van der Waals surface area contributed by atoms with Crippen molar-refractivity contribution in [3.63, 3.8) is 0 Å². The number of carboxylic acids is 1. The van der Waals surface area contributed by atoms with Crippen molar-refractivity contribution >= 4 is 32.8 Å². The van der Waals surface area contributed by atoms with Crippen LogP contribution in [0.2, 0.25) is 0 Å². The SMILES string of the molecule is CC(C(=O)O)N(C)Cc1c[nH]c2ccc(Br)cc12. The molecule has 2 aromatic rings. The largest absolute Gasteiger partial charge is 0.480 e. The van der Waals surface area contributed by atoms with Crippen molar-refractivity contribution in [2.75, 3.05) is 7.05 Å². The number of aromatic nitrogens is 1. The average molecular weight is 311 g/mol. The number of nitrogens with one attached hydrogen (secondary N) is 1. The van der Waals surface area contributed by atoms with E-state index in [4.69, 9.17) is 5.11 Å². The molecule has 1 atom stereocenters. The fraction of sp³-hybridized carbons (Fsp3) is 0.308. The van der Waals surface area contributed by atoms with Crippen LogP contribution in [0.3, 0.4) is 0 Å². The molecule has 0 radical (unpaired) electrons. The number of likely N-dealkylation sites (N-methyl/N-ethyl adjacent to an activating group) is 1. The molecule has 18 heavy (non-hydrogen) atoms. The molecule has 1 unspecified atom stereocenters. The predicted octanol–water partition coefficient (Wildman–Crippen LogP) is 2.84. The Bertz CT molecular complexity index is 579. The minimum absolute atomic E-state index is 0.498. The molecule has 0 aliphatic carbocycles. The van der Waals surface area contributed by atoms with E-state index < -0.39 is 12.0 Å². The maximum Gasteiger partial charge on any atom is 0.320 e. The van der Waals surface area contributed by atoms with Gasteiger partial charge in [0.2, 0.25) is 0 Å². The van der Waals surface area contributed by atoms with E-state index in [9.17, 15) is 4.79 Å². The molecule has 0 aliphatic heterocycles. The summed E-state index contributed by atoms with van der Waals surface area (Å²) in [5.41, 5.74) is 2.16. The molecule has 0 fully saturated rings. The molecular formula is C13H15BrN2O2. The van der Waals surface area contributed by atoms with E-state index in [1.165, 1.54) is 0 Å². The molecule has 5 heteroatoms. The summed E-state index contributed by atoms with van der Waals surface area (Å²) >= 11 is 3.45. The standard InChI is InChI=1S/C13H15BrN2O2/c1-8(13(17)18)16(2)7-9-6-15-12-4-3-10(14)5-11(9)12/h3-6,8,15H,7H2,1-2H3,(H,17,18). The van der Waals surface area contributed by atoms with Gasteiger partial charge in [-0.3, -0.25) is 9.69 Å². The summed E-state index contributed by atoms with van der Waals surface area (Å²) in [5.74, 6) is -0.807. The second-order valence-corrected chi connectivity index (χ2v) is 5.35. The smallest absolute Gasteiger partial charge is 0.320 e. The van der Waals surface area contributed by atoms with Gasteiger partial charge >= 0.3 is 5.97 Å². The van der Waals surface area contributed by atoms with E-state index >= 15 is 0 Å². The Kier molecular flexibility index (Phi) is 3.73. The number of aliphatic carboxylic acids is 1. The van der Waals surface area contributed by atoms with Crippen LogP contribution in [0.4, 0.5) is 0 Å². The number of benzene rings is 1. The lowest BCUT2D eigenvalue weighted by Crippen LogP contribution is -2.35. The van der Waals surface area contributed by atoms with Crippen molar-refractivity contribution in [3.05, 3.63) is 34.4 Å². The van der Waals surface area contributed by atoms with Crippen LogP contribution < -0.4 is 0 Å². The van der Waals surface area contributed by atoms with Gasteiger partial charge in [0.25, 0.3) is 0 Å². The summed E-state index contributed by atoms with van der Waals surface area (Å²) in [7, 11) is 1.82. The summed E-state index contributed by atoms with van der Waals surface area (Å²) in [5, 5.41) is 10.1. The predicted molar refractivity (Wildman–Crippen MR) is 74.6 cm³/mol. The Morgan fingerprint density at radius 3 is 2.94 bits per heavy atom. The third kappa shape index (κ3) is 2.57. The Labute approximate surface area is 114 Å². The highest BCUT2D eigenvalue weighted by atomic mass is 79.9. The number of nitrogens with zero attached hydrogens (tertiary/aromatic N) is 1. The second kappa shape index (κ2) is 5.12. The molecule has 1 aromatic carbocycles. The van der Waals surface area contributed by atoms with Crippen LogP contribution in [0.15, 0.2) is 28.9 Å². The topological polar surface area (TPSA) is 56.3 Å². The van der Waals surface area contributed by atoms with Crippen LogP contribution in [-0.4, -0.2) is 34.0 Å². The quantitative estimate of drug-likeness (QED) is 0.913. The van der Waals surface area contributed by atoms with Crippen molar-refractivity contribution in [2.24, 2.45) is 0 Å². The lowest BCUT2D eigenvalue weighted by molar-refractivity contribution is -0.142. The number of rotatable bonds is 4. The van der Waals surface area contributed by atoms with Crippen LogP contribution in [0.1, 0.15) is 12.5 Å². The highest BCUT2D eigenvalue weighted by Crippen LogP contribution is 2.23. The first kappa shape index (κ1) is 13.1. The Morgan fingerprint density at radius 2 is 2.28 bits per heavy atom. The van der Waals surface area contributed by atoms with Crippen LogP contribution in [0.5, 0.6) is 0 Å². The zero-order valence-corrected chi connectivity index (χ0v) is 11.9. The molecule has 4 nitrogen and oxygen atoms in total. The van der Waals surface area contributed by atoms with Crippen molar-refractivity contribution in [1.82, 2.24) is 9.88 Å². The van der Waals surface area contributed by atoms with E-state index in [-0.39, 0.29) is 0 Å². The van der Waals surface area contributed by atoms with E-state index in [1.54, 1.807) is 6.92 Å². The van der Waals surface area contributed by atoms with Gasteiger partial charge < -0.3 is 10.1 Å². The Morgan fingerprint density at radius 1 is 1.56 bits per heavy atom. The monoisotopic (exact) mass is 310 g/mol. The first-order valence-corrected chi connectivity index (χ1v) is 6.47. The van der Waals surface area contributed by atoms with Crippen LogP contribution in [0.25, 0.3) is 10.9 Å². The molecule has 2 rings (SSSR count). The van der Waals surface area contributed by atoms with E-state index in [0.717, 1.165) is 20.9 Å². The van der Waals surface area contributed by atoms with Crippen molar-refractivity contribution in [1.29, 1.82) is 0 Å². The first-order valence-electron chi connectivity index (χ1n) is 5.67. The number of halogens is 1. The Balaban J connectivity index is 2.26. The minimum Gasteiger partial charge on any atom is -0.480 e. The lowest BCUT2D eigenvalue weighted by atomic mass is 10.1. The molecule has 0 saturated heterocycles. The number of H-pyrrole nitrogens is 1. The minimum atomic E-state index is -0.807. The number of carboxylic acid groups (broad SMARTS) is 1. The van der Waals surface area contributed by atoms with Gasteiger partial charge in [-0.15, -0.1) is 0 Å². The molecule has 96 valence electrons. The number of carbonyl (C=O) groups is 1. The van der Waals surface area contributed by atoms with Crippen molar-refractivity contribution in [2.45, 2.75) is 19.5 Å². The zero-order chi connectivity index (χ0) is 13.3. The second-order valence-electron chi connectivity index (χ2n) is 4.43. The normalized spacial score (nSPS) is 13.1. The van der Waals surface area contributed by atoms with Gasteiger partial charge in [-0.1, -0.05) is 15.9 Å². The molecule has 0 aliphatic rings. The Hall–Kier alpha value is -1.33. The summed E-state index contributed by atoms with van der Waals surface area (Å²) in [4.78, 5) is 15.9. The molecule has 0 spiro atoms. The van der Waals surface area contributed by atoms with Crippen molar-refractivity contribution < 1.29 is 9.90 Å². The van der Waals surface area contributed by atoms with Crippen LogP contribution in [-0.2, 0) is 11.3 Å². The zero-order valence-electron chi connectivity index (χ0n) is 10.3. The summed E-state index contributed by atoms with van der Waals surface area (Å²) in [6.07, 6.45) is 1.93. The number of aromatic amines is 1. The highest BCUT2D eigenvalue weighted by Gasteiger charge is 2.17. The maximum absolute atomic E-state index is 10.9. The van der Waals surface area contributed by atoms with Crippen LogP contribution in [0, 0.1) is 0 Å². The maximum atomic E-state index is 10.9. The van der Waals surface area contributed by atoms with Crippen molar-refractivity contribution in [3.8, 4) is 0 Å². The third-order valence-corrected chi connectivity index (χ3v) is 3.66. The number of fused-ring (bicyclic) bond motifs is 1. The van der Waals surface area contributed by atoms with E-state index in [2.05, 4.69) is 20.9 Å². The lowest BCUT2D eigenvalue weighted by Gasteiger charge is -2.20. The van der Waals surface area contributed by atoms with Gasteiger partial charge in [-0.2, -0.15) is 0 Å². The fourth-order valence-corrected chi connectivity index (χ4v) is 2.24. The number of hydrogen-bond acceptors (Lipinski definition) is 2. The average Bonchev–Trinajstić information content (AvgIpc) is 2.70. The van der Waals surface area contributed by atoms with Gasteiger partial charge in [0.05, 0.1) is 0 Å². The molecule has 1 aromatic heterocycles. The van der Waals surface area contributed by atoms with Gasteiger partial charge in [0.15, 0.2) is 0 Å². The third-order valence-electron chi connectivity index (χ3n) is 3.17.